The molecule has 0 heterocycles. The summed E-state index contributed by atoms with van der Waals surface area (Å²) < 4.78 is 26.8. The van der Waals surface area contributed by atoms with Crippen LogP contribution in [0.2, 0.25) is 0 Å². The molecule has 1 aliphatic rings. The SMILES string of the molecule is CC1CC1(CNC(=O)CCCl)c1ccc(F)cc1F. The van der Waals surface area contributed by atoms with Gasteiger partial charge in [-0.15, -0.1) is 11.6 Å². The van der Waals surface area contributed by atoms with Gasteiger partial charge in [0, 0.05) is 30.3 Å². The zero-order valence-electron chi connectivity index (χ0n) is 10.7. The van der Waals surface area contributed by atoms with Gasteiger partial charge in [-0.05, 0) is 24.0 Å². The lowest BCUT2D eigenvalue weighted by atomic mass is 9.92. The van der Waals surface area contributed by atoms with Crippen LogP contribution in [-0.2, 0) is 10.2 Å². The van der Waals surface area contributed by atoms with Crippen molar-refractivity contribution < 1.29 is 13.6 Å². The number of nitrogens with one attached hydrogen (secondary N) is 1. The van der Waals surface area contributed by atoms with Crippen LogP contribution in [0.5, 0.6) is 0 Å². The van der Waals surface area contributed by atoms with E-state index in [1.54, 1.807) is 0 Å². The van der Waals surface area contributed by atoms with E-state index in [9.17, 15) is 13.6 Å². The molecule has 1 amide bonds. The molecule has 0 saturated heterocycles. The van der Waals surface area contributed by atoms with Crippen LogP contribution in [-0.4, -0.2) is 18.3 Å². The molecule has 0 radical (unpaired) electrons. The van der Waals surface area contributed by atoms with E-state index in [1.165, 1.54) is 12.1 Å². The Hall–Kier alpha value is -1.16. The number of alkyl halides is 1. The third kappa shape index (κ3) is 2.89. The third-order valence-corrected chi connectivity index (χ3v) is 4.03. The Morgan fingerprint density at radius 3 is 2.74 bits per heavy atom. The fraction of sp³-hybridized carbons (Fsp3) is 0.500. The second-order valence-electron chi connectivity index (χ2n) is 5.10. The smallest absolute Gasteiger partial charge is 0.221 e. The fourth-order valence-electron chi connectivity index (χ4n) is 2.53. The molecule has 104 valence electrons. The monoisotopic (exact) mass is 287 g/mol. The van der Waals surface area contributed by atoms with Crippen molar-refractivity contribution in [1.29, 1.82) is 0 Å². The number of rotatable bonds is 5. The summed E-state index contributed by atoms with van der Waals surface area (Å²) in [5, 5.41) is 2.77. The number of amides is 1. The van der Waals surface area contributed by atoms with E-state index in [0.717, 1.165) is 12.5 Å². The van der Waals surface area contributed by atoms with E-state index < -0.39 is 17.0 Å². The van der Waals surface area contributed by atoms with Crippen LogP contribution in [0.15, 0.2) is 18.2 Å². The average molecular weight is 288 g/mol. The van der Waals surface area contributed by atoms with Crippen molar-refractivity contribution >= 4 is 17.5 Å². The van der Waals surface area contributed by atoms with Crippen LogP contribution >= 0.6 is 11.6 Å². The highest BCUT2D eigenvalue weighted by molar-refractivity contribution is 6.18. The maximum atomic E-state index is 13.9. The maximum Gasteiger partial charge on any atom is 0.221 e. The zero-order chi connectivity index (χ0) is 14.0. The Morgan fingerprint density at radius 2 is 2.21 bits per heavy atom. The largest absolute Gasteiger partial charge is 0.355 e. The summed E-state index contributed by atoms with van der Waals surface area (Å²) in [5.41, 5.74) is 0.0762. The molecule has 2 rings (SSSR count). The van der Waals surface area contributed by atoms with E-state index in [0.29, 0.717) is 12.1 Å². The van der Waals surface area contributed by atoms with Crippen molar-refractivity contribution in [2.24, 2.45) is 5.92 Å². The van der Waals surface area contributed by atoms with Gasteiger partial charge in [0.2, 0.25) is 5.91 Å². The van der Waals surface area contributed by atoms with Gasteiger partial charge >= 0.3 is 0 Å². The van der Waals surface area contributed by atoms with Crippen LogP contribution in [0.4, 0.5) is 8.78 Å². The summed E-state index contributed by atoms with van der Waals surface area (Å²) in [6.45, 7) is 2.36. The molecule has 1 fully saturated rings. The van der Waals surface area contributed by atoms with Crippen LogP contribution < -0.4 is 5.32 Å². The third-order valence-electron chi connectivity index (χ3n) is 3.84. The van der Waals surface area contributed by atoms with Crippen LogP contribution in [0, 0.1) is 17.6 Å². The van der Waals surface area contributed by atoms with Gasteiger partial charge in [-0.2, -0.15) is 0 Å². The second-order valence-corrected chi connectivity index (χ2v) is 5.48. The molecule has 2 atom stereocenters. The van der Waals surface area contributed by atoms with Crippen molar-refractivity contribution in [3.05, 3.63) is 35.4 Å². The molecule has 1 aromatic carbocycles. The molecular weight excluding hydrogens is 272 g/mol. The minimum absolute atomic E-state index is 0.143. The molecule has 1 saturated carbocycles. The Balaban J connectivity index is 2.13. The Labute approximate surface area is 116 Å². The van der Waals surface area contributed by atoms with E-state index in [-0.39, 0.29) is 24.1 Å². The van der Waals surface area contributed by atoms with Gasteiger partial charge in [-0.3, -0.25) is 4.79 Å². The van der Waals surface area contributed by atoms with Gasteiger partial charge in [-0.1, -0.05) is 13.0 Å². The Kier molecular flexibility index (Phi) is 4.09. The van der Waals surface area contributed by atoms with Crippen molar-refractivity contribution in [3.8, 4) is 0 Å². The van der Waals surface area contributed by atoms with E-state index >= 15 is 0 Å². The Bertz CT molecular complexity index is 494. The van der Waals surface area contributed by atoms with Crippen LogP contribution in [0.25, 0.3) is 0 Å². The topological polar surface area (TPSA) is 29.1 Å². The molecule has 0 bridgehead atoms. The van der Waals surface area contributed by atoms with Gasteiger partial charge in [0.15, 0.2) is 0 Å². The Morgan fingerprint density at radius 1 is 1.53 bits per heavy atom. The number of halogens is 3. The van der Waals surface area contributed by atoms with Gasteiger partial charge in [-0.25, -0.2) is 8.78 Å². The summed E-state index contributed by atoms with van der Waals surface area (Å²) in [7, 11) is 0. The quantitative estimate of drug-likeness (QED) is 0.829. The number of carbonyl (C=O) groups excluding carboxylic acids is 1. The standard InChI is InChI=1S/C14H16ClF2NO/c1-9-7-14(9,8-18-13(19)4-5-15)11-3-2-10(16)6-12(11)17/h2-3,6,9H,4-5,7-8H2,1H3,(H,18,19). The lowest BCUT2D eigenvalue weighted by Gasteiger charge is -2.19. The first-order valence-corrected chi connectivity index (χ1v) is 6.81. The lowest BCUT2D eigenvalue weighted by Crippen LogP contribution is -2.33. The van der Waals surface area contributed by atoms with E-state index in [2.05, 4.69) is 5.32 Å². The molecule has 1 aliphatic carbocycles. The lowest BCUT2D eigenvalue weighted by molar-refractivity contribution is -0.120. The predicted molar refractivity (Wildman–Crippen MR) is 70.2 cm³/mol. The van der Waals surface area contributed by atoms with Gasteiger partial charge in [0.1, 0.15) is 11.6 Å². The molecule has 0 aromatic heterocycles. The first kappa shape index (κ1) is 14.3. The van der Waals surface area contributed by atoms with Gasteiger partial charge < -0.3 is 5.32 Å². The average Bonchev–Trinajstić information content (AvgIpc) is 2.99. The number of hydrogen-bond acceptors (Lipinski definition) is 1. The van der Waals surface area contributed by atoms with Crippen molar-refractivity contribution in [2.45, 2.75) is 25.2 Å². The van der Waals surface area contributed by atoms with E-state index in [1.807, 2.05) is 6.92 Å². The molecule has 1 aromatic rings. The van der Waals surface area contributed by atoms with Crippen molar-refractivity contribution in [2.75, 3.05) is 12.4 Å². The van der Waals surface area contributed by atoms with Crippen LogP contribution in [0.3, 0.4) is 0 Å². The zero-order valence-corrected chi connectivity index (χ0v) is 11.4. The molecule has 5 heteroatoms. The van der Waals surface area contributed by atoms with Crippen molar-refractivity contribution in [3.63, 3.8) is 0 Å². The highest BCUT2D eigenvalue weighted by Gasteiger charge is 2.53. The first-order valence-electron chi connectivity index (χ1n) is 6.28. The summed E-state index contributed by atoms with van der Waals surface area (Å²) in [4.78, 5) is 11.4. The normalized spacial score (nSPS) is 25.2. The van der Waals surface area contributed by atoms with Gasteiger partial charge in [0.25, 0.3) is 0 Å². The fourth-order valence-corrected chi connectivity index (χ4v) is 2.70. The summed E-state index contributed by atoms with van der Waals surface area (Å²) >= 11 is 5.49. The minimum atomic E-state index is -0.587. The molecule has 2 nitrogen and oxygen atoms in total. The molecule has 0 spiro atoms. The molecular formula is C14H16ClF2NO. The molecule has 0 aliphatic heterocycles. The maximum absolute atomic E-state index is 13.9. The first-order chi connectivity index (χ1) is 8.99. The highest BCUT2D eigenvalue weighted by Crippen LogP contribution is 2.54. The molecule has 2 unspecified atom stereocenters. The summed E-state index contributed by atoms with van der Waals surface area (Å²) in [6.07, 6.45) is 1.04. The summed E-state index contributed by atoms with van der Waals surface area (Å²) in [5.74, 6) is -0.745. The van der Waals surface area contributed by atoms with Gasteiger partial charge in [0.05, 0.1) is 0 Å². The van der Waals surface area contributed by atoms with Crippen LogP contribution in [0.1, 0.15) is 25.3 Å². The number of carbonyl (C=O) groups is 1. The van der Waals surface area contributed by atoms with Crippen molar-refractivity contribution in [1.82, 2.24) is 5.32 Å². The molecule has 19 heavy (non-hydrogen) atoms. The van der Waals surface area contributed by atoms with E-state index in [4.69, 9.17) is 11.6 Å². The minimum Gasteiger partial charge on any atom is -0.355 e. The summed E-state index contributed by atoms with van der Waals surface area (Å²) in [6, 6.07) is 3.62. The predicted octanol–water partition coefficient (Wildman–Crippen LogP) is 2.99. The number of benzene rings is 1. The molecule has 1 N–H and O–H groups in total. The number of hydrogen-bond donors (Lipinski definition) is 1. The highest BCUT2D eigenvalue weighted by atomic mass is 35.5. The second kappa shape index (κ2) is 5.45.